The Morgan fingerprint density at radius 1 is 1.42 bits per heavy atom. The lowest BCUT2D eigenvalue weighted by Crippen LogP contribution is -2.61. The number of fused-ring (bicyclic) bond motifs is 1. The van der Waals surface area contributed by atoms with Crippen molar-refractivity contribution in [3.63, 3.8) is 0 Å². The second kappa shape index (κ2) is 3.81. The number of hydrogen-bond acceptors (Lipinski definition) is 4. The summed E-state index contributed by atoms with van der Waals surface area (Å²) in [4.78, 5) is 14.3. The number of rotatable bonds is 2. The number of nitrogens with one attached hydrogen (secondary N) is 1. The van der Waals surface area contributed by atoms with Crippen LogP contribution in [0.25, 0.3) is 11.0 Å². The van der Waals surface area contributed by atoms with Gasteiger partial charge in [-0.05, 0) is 12.0 Å². The quantitative estimate of drug-likeness (QED) is 0.830. The highest BCUT2D eigenvalue weighted by atomic mass is 16.5. The highest BCUT2D eigenvalue weighted by Crippen LogP contribution is 2.36. The Morgan fingerprint density at radius 2 is 2.32 bits per heavy atom. The molecule has 0 amide bonds. The molecular formula is C14H16N4O. The van der Waals surface area contributed by atoms with E-state index in [9.17, 15) is 0 Å². The zero-order valence-electron chi connectivity index (χ0n) is 10.9. The van der Waals surface area contributed by atoms with Crippen LogP contribution in [-0.4, -0.2) is 40.2 Å². The van der Waals surface area contributed by atoms with Crippen molar-refractivity contribution in [2.24, 2.45) is 0 Å². The van der Waals surface area contributed by atoms with Crippen molar-refractivity contribution >= 4 is 16.9 Å². The summed E-state index contributed by atoms with van der Waals surface area (Å²) < 4.78 is 5.77. The third-order valence-corrected chi connectivity index (χ3v) is 4.02. The van der Waals surface area contributed by atoms with Crippen molar-refractivity contribution in [2.75, 3.05) is 24.6 Å². The van der Waals surface area contributed by atoms with Crippen molar-refractivity contribution in [3.8, 4) is 0 Å². The predicted molar refractivity (Wildman–Crippen MR) is 73.3 cm³/mol. The summed E-state index contributed by atoms with van der Waals surface area (Å²) in [6.07, 6.45) is 8.92. The van der Waals surface area contributed by atoms with E-state index in [1.54, 1.807) is 6.33 Å². The Hall–Kier alpha value is -1.88. The van der Waals surface area contributed by atoms with E-state index >= 15 is 0 Å². The minimum atomic E-state index is -0.0695. The molecule has 0 aliphatic carbocycles. The fraction of sp³-hybridized carbons (Fsp3) is 0.429. The lowest BCUT2D eigenvalue weighted by molar-refractivity contribution is 0.00370. The zero-order chi connectivity index (χ0) is 12.9. The molecule has 2 aromatic heterocycles. The number of H-pyrrole nitrogens is 1. The molecule has 5 heteroatoms. The summed E-state index contributed by atoms with van der Waals surface area (Å²) in [5.74, 6) is 1.03. The maximum absolute atomic E-state index is 5.77. The number of anilines is 1. The van der Waals surface area contributed by atoms with Gasteiger partial charge < -0.3 is 14.6 Å². The average Bonchev–Trinajstić information content (AvgIpc) is 3.03. The van der Waals surface area contributed by atoms with Crippen molar-refractivity contribution in [1.29, 1.82) is 0 Å². The van der Waals surface area contributed by atoms with Crippen LogP contribution in [0.5, 0.6) is 0 Å². The first-order chi connectivity index (χ1) is 9.31. The van der Waals surface area contributed by atoms with Gasteiger partial charge in [0.2, 0.25) is 0 Å². The van der Waals surface area contributed by atoms with E-state index in [1.807, 2.05) is 6.20 Å². The molecule has 2 aliphatic rings. The average molecular weight is 256 g/mol. The molecule has 1 spiro atoms. The van der Waals surface area contributed by atoms with E-state index in [2.05, 4.69) is 38.9 Å². The molecule has 0 aromatic carbocycles. The molecule has 0 bridgehead atoms. The molecule has 98 valence electrons. The van der Waals surface area contributed by atoms with Gasteiger partial charge in [0.05, 0.1) is 25.1 Å². The maximum Gasteiger partial charge on any atom is 0.143 e. The Balaban J connectivity index is 1.72. The Morgan fingerprint density at radius 3 is 3.05 bits per heavy atom. The van der Waals surface area contributed by atoms with E-state index in [4.69, 9.17) is 4.74 Å². The van der Waals surface area contributed by atoms with Gasteiger partial charge in [-0.2, -0.15) is 0 Å². The first kappa shape index (κ1) is 11.0. The van der Waals surface area contributed by atoms with E-state index in [1.165, 1.54) is 5.56 Å². The van der Waals surface area contributed by atoms with Crippen LogP contribution in [0.1, 0.15) is 12.5 Å². The Labute approximate surface area is 111 Å². The van der Waals surface area contributed by atoms with E-state index in [-0.39, 0.29) is 5.60 Å². The molecule has 1 fully saturated rings. The fourth-order valence-electron chi connectivity index (χ4n) is 3.00. The maximum atomic E-state index is 5.77. The second-order valence-electron chi connectivity index (χ2n) is 5.22. The molecule has 2 aromatic rings. The minimum Gasteiger partial charge on any atom is -0.363 e. The first-order valence-electron chi connectivity index (χ1n) is 6.69. The lowest BCUT2D eigenvalue weighted by atomic mass is 9.94. The largest absolute Gasteiger partial charge is 0.363 e. The first-order valence-corrected chi connectivity index (χ1v) is 6.69. The van der Waals surface area contributed by atoms with Gasteiger partial charge >= 0.3 is 0 Å². The molecule has 5 nitrogen and oxygen atoms in total. The van der Waals surface area contributed by atoms with Crippen LogP contribution in [0.3, 0.4) is 0 Å². The molecule has 0 unspecified atom stereocenters. The van der Waals surface area contributed by atoms with Crippen molar-refractivity contribution in [3.05, 3.63) is 30.2 Å². The molecule has 1 N–H and O–H groups in total. The van der Waals surface area contributed by atoms with Gasteiger partial charge in [0.1, 0.15) is 23.4 Å². The summed E-state index contributed by atoms with van der Waals surface area (Å²) in [6.45, 7) is 4.64. The van der Waals surface area contributed by atoms with Gasteiger partial charge in [-0.15, -0.1) is 0 Å². The highest BCUT2D eigenvalue weighted by Gasteiger charge is 2.45. The normalized spacial score (nSPS) is 20.4. The summed E-state index contributed by atoms with van der Waals surface area (Å²) >= 11 is 0. The highest BCUT2D eigenvalue weighted by molar-refractivity contribution is 5.91. The van der Waals surface area contributed by atoms with Gasteiger partial charge in [-0.25, -0.2) is 9.97 Å². The van der Waals surface area contributed by atoms with Gasteiger partial charge in [-0.1, -0.05) is 19.1 Å². The van der Waals surface area contributed by atoms with Gasteiger partial charge in [-0.3, -0.25) is 0 Å². The smallest absolute Gasteiger partial charge is 0.143 e. The molecule has 4 rings (SSSR count). The molecular weight excluding hydrogens is 240 g/mol. The molecule has 19 heavy (non-hydrogen) atoms. The molecule has 0 atom stereocenters. The molecule has 1 saturated heterocycles. The third kappa shape index (κ3) is 1.51. The number of aromatic amines is 1. The SMILES string of the molecule is CCc1c[nH]c2ncnc(N3CC4(C=CCO4)C3)c12. The van der Waals surface area contributed by atoms with Gasteiger partial charge in [0.25, 0.3) is 0 Å². The fourth-order valence-corrected chi connectivity index (χ4v) is 3.00. The van der Waals surface area contributed by atoms with Crippen LogP contribution in [0, 0.1) is 0 Å². The van der Waals surface area contributed by atoms with Crippen LogP contribution < -0.4 is 4.90 Å². The summed E-state index contributed by atoms with van der Waals surface area (Å²) in [7, 11) is 0. The Kier molecular flexibility index (Phi) is 2.20. The monoisotopic (exact) mass is 256 g/mol. The molecule has 4 heterocycles. The van der Waals surface area contributed by atoms with Crippen LogP contribution in [0.15, 0.2) is 24.7 Å². The van der Waals surface area contributed by atoms with Crippen LogP contribution in [0.4, 0.5) is 5.82 Å². The molecule has 0 saturated carbocycles. The Bertz CT molecular complexity index is 655. The summed E-state index contributed by atoms with van der Waals surface area (Å²) in [6, 6.07) is 0. The van der Waals surface area contributed by atoms with Crippen LogP contribution in [0.2, 0.25) is 0 Å². The van der Waals surface area contributed by atoms with Crippen LogP contribution >= 0.6 is 0 Å². The van der Waals surface area contributed by atoms with Gasteiger partial charge in [0.15, 0.2) is 0 Å². The van der Waals surface area contributed by atoms with Crippen molar-refractivity contribution < 1.29 is 4.74 Å². The van der Waals surface area contributed by atoms with E-state index in [0.29, 0.717) is 0 Å². The molecule has 0 radical (unpaired) electrons. The van der Waals surface area contributed by atoms with Crippen LogP contribution in [-0.2, 0) is 11.2 Å². The topological polar surface area (TPSA) is 54.0 Å². The third-order valence-electron chi connectivity index (χ3n) is 4.02. The molecule has 2 aliphatic heterocycles. The number of aryl methyl sites for hydroxylation is 1. The summed E-state index contributed by atoms with van der Waals surface area (Å²) in [5, 5.41) is 1.15. The lowest BCUT2D eigenvalue weighted by Gasteiger charge is -2.47. The predicted octanol–water partition coefficient (Wildman–Crippen LogP) is 1.67. The number of nitrogens with zero attached hydrogens (tertiary/aromatic N) is 3. The van der Waals surface area contributed by atoms with Gasteiger partial charge in [0, 0.05) is 6.20 Å². The number of aromatic nitrogens is 3. The minimum absolute atomic E-state index is 0.0695. The van der Waals surface area contributed by atoms with E-state index < -0.39 is 0 Å². The van der Waals surface area contributed by atoms with Crippen molar-refractivity contribution in [2.45, 2.75) is 18.9 Å². The second-order valence-corrected chi connectivity index (χ2v) is 5.22. The number of ether oxygens (including phenoxy) is 1. The van der Waals surface area contributed by atoms with E-state index in [0.717, 1.165) is 43.0 Å². The zero-order valence-corrected chi connectivity index (χ0v) is 10.9. The standard InChI is InChI=1S/C14H16N4O/c1-2-10-6-15-12-11(10)13(17-9-16-12)18-7-14(8-18)4-3-5-19-14/h3-4,6,9H,2,5,7-8H2,1H3,(H,15,16,17). The van der Waals surface area contributed by atoms with Crippen molar-refractivity contribution in [1.82, 2.24) is 15.0 Å². The number of hydrogen-bond donors (Lipinski definition) is 1. The summed E-state index contributed by atoms with van der Waals surface area (Å²) in [5.41, 5.74) is 2.13.